The molecule has 0 unspecified atom stereocenters. The van der Waals surface area contributed by atoms with Gasteiger partial charge in [0.2, 0.25) is 0 Å². The Bertz CT molecular complexity index is 1790. The van der Waals surface area contributed by atoms with Crippen molar-refractivity contribution in [2.45, 2.75) is 26.2 Å². The summed E-state index contributed by atoms with van der Waals surface area (Å²) in [5.41, 5.74) is 8.71. The molecule has 198 valence electrons. The zero-order valence-corrected chi connectivity index (χ0v) is 22.5. The molecule has 0 radical (unpaired) electrons. The lowest BCUT2D eigenvalue weighted by molar-refractivity contribution is 0.579. The molecule has 1 aliphatic rings. The summed E-state index contributed by atoms with van der Waals surface area (Å²) in [5, 5.41) is 11.9. The number of para-hydroxylation sites is 1. The number of fused-ring (bicyclic) bond motifs is 2. The van der Waals surface area contributed by atoms with Gasteiger partial charge < -0.3 is 15.2 Å². The summed E-state index contributed by atoms with van der Waals surface area (Å²) in [7, 11) is 0. The van der Waals surface area contributed by atoms with Gasteiger partial charge in [-0.05, 0) is 61.6 Å². The van der Waals surface area contributed by atoms with E-state index in [2.05, 4.69) is 61.1 Å². The number of rotatable bonds is 7. The maximum absolute atomic E-state index is 5.86. The number of aromatic nitrogens is 5. The van der Waals surface area contributed by atoms with Gasteiger partial charge in [0.15, 0.2) is 5.82 Å². The van der Waals surface area contributed by atoms with Gasteiger partial charge in [0.05, 0.1) is 34.3 Å². The first-order chi connectivity index (χ1) is 19.6. The topological polar surface area (TPSA) is 85.5 Å². The molecule has 2 aromatic carbocycles. The first-order valence-electron chi connectivity index (χ1n) is 13.6. The zero-order chi connectivity index (χ0) is 27.5. The third-order valence-electron chi connectivity index (χ3n) is 7.33. The third-order valence-corrected chi connectivity index (χ3v) is 7.33. The van der Waals surface area contributed by atoms with Gasteiger partial charge >= 0.3 is 0 Å². The van der Waals surface area contributed by atoms with Crippen molar-refractivity contribution in [2.24, 2.45) is 0 Å². The number of piperidine rings is 1. The Labute approximate surface area is 233 Å². The summed E-state index contributed by atoms with van der Waals surface area (Å²) in [5.74, 6) is 3.46. The van der Waals surface area contributed by atoms with Gasteiger partial charge in [0, 0.05) is 24.2 Å². The number of imidazole rings is 1. The lowest BCUT2D eigenvalue weighted by Gasteiger charge is -2.28. The lowest BCUT2D eigenvalue weighted by atomic mass is 10.1. The van der Waals surface area contributed by atoms with E-state index in [4.69, 9.17) is 11.4 Å². The summed E-state index contributed by atoms with van der Waals surface area (Å²) >= 11 is 0. The van der Waals surface area contributed by atoms with E-state index in [9.17, 15) is 0 Å². The number of benzene rings is 2. The largest absolute Gasteiger partial charge is 0.370 e. The van der Waals surface area contributed by atoms with Gasteiger partial charge in [-0.25, -0.2) is 4.98 Å². The molecule has 6 rings (SSSR count). The van der Waals surface area contributed by atoms with E-state index in [1.165, 1.54) is 24.9 Å². The minimum absolute atomic E-state index is 0.596. The van der Waals surface area contributed by atoms with Crippen molar-refractivity contribution in [1.29, 1.82) is 0 Å². The Morgan fingerprint density at radius 1 is 1.07 bits per heavy atom. The van der Waals surface area contributed by atoms with E-state index in [1.807, 2.05) is 55.5 Å². The zero-order valence-electron chi connectivity index (χ0n) is 22.5. The van der Waals surface area contributed by atoms with Crippen LogP contribution in [0.3, 0.4) is 0 Å². The second kappa shape index (κ2) is 11.0. The monoisotopic (exact) mass is 525 g/mol. The van der Waals surface area contributed by atoms with Crippen LogP contribution in [0.2, 0.25) is 0 Å². The van der Waals surface area contributed by atoms with Crippen LogP contribution < -0.4 is 10.2 Å². The van der Waals surface area contributed by atoms with Crippen LogP contribution in [0.25, 0.3) is 44.7 Å². The van der Waals surface area contributed by atoms with E-state index in [0.29, 0.717) is 5.70 Å². The van der Waals surface area contributed by atoms with E-state index >= 15 is 0 Å². The minimum Gasteiger partial charge on any atom is -0.370 e. The molecule has 0 saturated carbocycles. The number of allylic oxidation sites excluding steroid dienone is 4. The molecule has 7 heteroatoms. The van der Waals surface area contributed by atoms with Gasteiger partial charge in [-0.1, -0.05) is 55.0 Å². The van der Waals surface area contributed by atoms with E-state index in [0.717, 1.165) is 69.1 Å². The summed E-state index contributed by atoms with van der Waals surface area (Å²) in [4.78, 5) is 15.7. The van der Waals surface area contributed by atoms with Crippen molar-refractivity contribution in [2.75, 3.05) is 18.0 Å². The smallest absolute Gasteiger partial charge is 0.159 e. The lowest BCUT2D eigenvalue weighted by Crippen LogP contribution is -2.29. The van der Waals surface area contributed by atoms with E-state index in [-0.39, 0.29) is 0 Å². The summed E-state index contributed by atoms with van der Waals surface area (Å²) < 4.78 is 0. The number of nitrogens with zero attached hydrogens (tertiary/aromatic N) is 4. The van der Waals surface area contributed by atoms with Crippen LogP contribution in [0.4, 0.5) is 5.69 Å². The first-order valence-corrected chi connectivity index (χ1v) is 13.6. The maximum Gasteiger partial charge on any atom is 0.159 e. The van der Waals surface area contributed by atoms with Crippen molar-refractivity contribution >= 4 is 38.9 Å². The molecule has 0 amide bonds. The van der Waals surface area contributed by atoms with Crippen LogP contribution >= 0.6 is 0 Å². The Kier molecular flexibility index (Phi) is 6.90. The molecular weight excluding hydrogens is 494 g/mol. The number of aromatic amines is 2. The molecule has 1 fully saturated rings. The molecule has 0 atom stereocenters. The van der Waals surface area contributed by atoms with E-state index in [1.54, 1.807) is 6.20 Å². The van der Waals surface area contributed by atoms with Crippen LogP contribution in [0.5, 0.6) is 0 Å². The molecule has 1 saturated heterocycles. The van der Waals surface area contributed by atoms with Crippen molar-refractivity contribution < 1.29 is 0 Å². The summed E-state index contributed by atoms with van der Waals surface area (Å²) in [6.45, 7) is 8.24. The number of pyridine rings is 1. The average Bonchev–Trinajstić information content (AvgIpc) is 3.64. The number of H-pyrrole nitrogens is 2. The first kappa shape index (κ1) is 25.2. The predicted octanol–water partition coefficient (Wildman–Crippen LogP) is 6.67. The Morgan fingerprint density at radius 2 is 1.90 bits per heavy atom. The number of nitrogens with one attached hydrogen (secondary N) is 3. The van der Waals surface area contributed by atoms with Gasteiger partial charge in [-0.2, -0.15) is 5.10 Å². The summed E-state index contributed by atoms with van der Waals surface area (Å²) in [6.07, 6.45) is 15.3. The molecule has 4 heterocycles. The molecular formula is C33H31N7. The fourth-order valence-corrected chi connectivity index (χ4v) is 5.22. The minimum atomic E-state index is 0.596. The predicted molar refractivity (Wildman–Crippen MR) is 164 cm³/mol. The Balaban J connectivity index is 1.33. The standard InChI is InChI=1S/C33H31N7/c1-4-23(19-25(5-2)35-22(3)24-13-8-6-9-14-24)28-20-26-29(21-34-28)38-39-31(26)33-36-27-15-12-16-30(32(27)37-33)40-17-10-7-11-18-40/h2,4,6,8-9,12-16,19-21,35H,3,7,10-11,17-18H2,1H3,(H,36,37)(H,38,39)/b23-4+,25-19+. The SMILES string of the molecule is C#C/C(=C\C(=C/C)c1cc2c(-c3nc4c(N5CCCCC5)cccc4[nH]3)n[nH]c2cn1)NC(=C)c1ccccc1. The number of terminal acetylenes is 1. The van der Waals surface area contributed by atoms with Crippen molar-refractivity contribution in [3.63, 3.8) is 0 Å². The fraction of sp³-hybridized carbons (Fsp3) is 0.182. The van der Waals surface area contributed by atoms with Crippen LogP contribution in [0.15, 0.2) is 85.2 Å². The highest BCUT2D eigenvalue weighted by Crippen LogP contribution is 2.32. The Morgan fingerprint density at radius 3 is 2.67 bits per heavy atom. The molecule has 5 aromatic rings. The average molecular weight is 526 g/mol. The highest BCUT2D eigenvalue weighted by molar-refractivity contribution is 5.97. The van der Waals surface area contributed by atoms with Crippen LogP contribution in [-0.4, -0.2) is 38.2 Å². The molecule has 3 aromatic heterocycles. The second-order valence-corrected chi connectivity index (χ2v) is 9.91. The molecule has 40 heavy (non-hydrogen) atoms. The number of hydrogen-bond donors (Lipinski definition) is 3. The third kappa shape index (κ3) is 4.87. The fourth-order valence-electron chi connectivity index (χ4n) is 5.22. The molecule has 0 spiro atoms. The maximum atomic E-state index is 5.86. The quantitative estimate of drug-likeness (QED) is 0.163. The summed E-state index contributed by atoms with van der Waals surface area (Å²) in [6, 6.07) is 18.2. The van der Waals surface area contributed by atoms with Gasteiger partial charge in [0.25, 0.3) is 0 Å². The molecule has 3 N–H and O–H groups in total. The van der Waals surface area contributed by atoms with E-state index < -0.39 is 0 Å². The molecule has 7 nitrogen and oxygen atoms in total. The highest BCUT2D eigenvalue weighted by atomic mass is 15.2. The van der Waals surface area contributed by atoms with Crippen molar-refractivity contribution in [3.8, 4) is 23.9 Å². The van der Waals surface area contributed by atoms with Crippen LogP contribution in [-0.2, 0) is 0 Å². The van der Waals surface area contributed by atoms with Crippen molar-refractivity contribution in [3.05, 3.63) is 96.5 Å². The van der Waals surface area contributed by atoms with Gasteiger partial charge in [0.1, 0.15) is 11.2 Å². The van der Waals surface area contributed by atoms with Gasteiger partial charge in [-0.15, -0.1) is 6.42 Å². The van der Waals surface area contributed by atoms with Crippen LogP contribution in [0, 0.1) is 12.3 Å². The van der Waals surface area contributed by atoms with Crippen molar-refractivity contribution in [1.82, 2.24) is 30.5 Å². The number of hydrogen-bond acceptors (Lipinski definition) is 5. The number of anilines is 1. The Hall–Kier alpha value is -5.09. The molecule has 0 bridgehead atoms. The molecule has 0 aliphatic carbocycles. The molecule has 1 aliphatic heterocycles. The highest BCUT2D eigenvalue weighted by Gasteiger charge is 2.19. The van der Waals surface area contributed by atoms with Crippen LogP contribution in [0.1, 0.15) is 37.4 Å². The second-order valence-electron chi connectivity index (χ2n) is 9.91. The van der Waals surface area contributed by atoms with Gasteiger partial charge in [-0.3, -0.25) is 10.1 Å². The normalized spacial score (nSPS) is 14.4.